The van der Waals surface area contributed by atoms with Gasteiger partial charge in [-0.25, -0.2) is 0 Å². The van der Waals surface area contributed by atoms with Crippen LogP contribution in [0, 0.1) is 5.92 Å². The van der Waals surface area contributed by atoms with Gasteiger partial charge in [0.25, 0.3) is 0 Å². The Balaban J connectivity index is 2.25. The lowest BCUT2D eigenvalue weighted by Gasteiger charge is -2.12. The molecule has 1 aliphatic rings. The maximum Gasteiger partial charge on any atom is 0.318 e. The van der Waals surface area contributed by atoms with Crippen molar-refractivity contribution in [3.63, 3.8) is 0 Å². The standard InChI is InChI=1S/C8H14O4/c1-3-6(2)7(9)12-8-10-4-5-11-8/h6,8H,3-5H2,1-2H3. The van der Waals surface area contributed by atoms with E-state index < -0.39 is 6.48 Å². The molecule has 0 amide bonds. The average Bonchev–Trinajstić information content (AvgIpc) is 2.55. The van der Waals surface area contributed by atoms with Crippen LogP contribution >= 0.6 is 0 Å². The minimum Gasteiger partial charge on any atom is -0.410 e. The fourth-order valence-electron chi connectivity index (χ4n) is 0.782. The van der Waals surface area contributed by atoms with E-state index in [1.807, 2.05) is 13.8 Å². The van der Waals surface area contributed by atoms with E-state index in [1.54, 1.807) is 0 Å². The minimum atomic E-state index is -0.772. The molecule has 0 radical (unpaired) electrons. The van der Waals surface area contributed by atoms with Crippen LogP contribution in [0.1, 0.15) is 20.3 Å². The van der Waals surface area contributed by atoms with Crippen molar-refractivity contribution in [1.82, 2.24) is 0 Å². The molecule has 12 heavy (non-hydrogen) atoms. The fourth-order valence-corrected chi connectivity index (χ4v) is 0.782. The van der Waals surface area contributed by atoms with Crippen LogP contribution in [-0.2, 0) is 19.0 Å². The topological polar surface area (TPSA) is 44.8 Å². The van der Waals surface area contributed by atoms with Crippen molar-refractivity contribution in [1.29, 1.82) is 0 Å². The zero-order valence-corrected chi connectivity index (χ0v) is 7.41. The van der Waals surface area contributed by atoms with E-state index in [4.69, 9.17) is 14.2 Å². The molecule has 4 heteroatoms. The molecule has 0 aromatic rings. The molecule has 1 atom stereocenters. The Morgan fingerprint density at radius 3 is 2.67 bits per heavy atom. The first-order valence-corrected chi connectivity index (χ1v) is 4.17. The van der Waals surface area contributed by atoms with Crippen LogP contribution in [0.25, 0.3) is 0 Å². The smallest absolute Gasteiger partial charge is 0.318 e. The van der Waals surface area contributed by atoms with Crippen molar-refractivity contribution >= 4 is 5.97 Å². The van der Waals surface area contributed by atoms with Crippen LogP contribution in [0.3, 0.4) is 0 Å². The molecule has 4 nitrogen and oxygen atoms in total. The monoisotopic (exact) mass is 174 g/mol. The summed E-state index contributed by atoms with van der Waals surface area (Å²) in [7, 11) is 0. The Bertz CT molecular complexity index is 151. The van der Waals surface area contributed by atoms with Gasteiger partial charge in [0.05, 0.1) is 19.1 Å². The van der Waals surface area contributed by atoms with Gasteiger partial charge in [0.15, 0.2) is 0 Å². The third-order valence-corrected chi connectivity index (χ3v) is 1.82. The second kappa shape index (κ2) is 4.42. The van der Waals surface area contributed by atoms with Crippen molar-refractivity contribution in [3.05, 3.63) is 0 Å². The first-order chi connectivity index (χ1) is 5.74. The van der Waals surface area contributed by atoms with Crippen LogP contribution in [0.5, 0.6) is 0 Å². The van der Waals surface area contributed by atoms with Crippen LogP contribution in [0.2, 0.25) is 0 Å². The van der Waals surface area contributed by atoms with Gasteiger partial charge in [-0.2, -0.15) is 0 Å². The Morgan fingerprint density at radius 1 is 1.58 bits per heavy atom. The molecule has 70 valence electrons. The maximum absolute atomic E-state index is 11.1. The van der Waals surface area contributed by atoms with Gasteiger partial charge in [-0.3, -0.25) is 4.79 Å². The SMILES string of the molecule is CCC(C)C(=O)OC1OCCO1. The summed E-state index contributed by atoms with van der Waals surface area (Å²) in [6.07, 6.45) is 0.769. The van der Waals surface area contributed by atoms with Crippen molar-refractivity contribution in [2.24, 2.45) is 5.92 Å². The predicted octanol–water partition coefficient (Wildman–Crippen LogP) is 0.906. The summed E-state index contributed by atoms with van der Waals surface area (Å²) in [5.41, 5.74) is 0. The Kier molecular flexibility index (Phi) is 3.49. The van der Waals surface area contributed by atoms with Gasteiger partial charge in [0, 0.05) is 0 Å². The first kappa shape index (κ1) is 9.48. The number of hydrogen-bond acceptors (Lipinski definition) is 4. The molecule has 1 heterocycles. The Labute approximate surface area is 71.8 Å². The summed E-state index contributed by atoms with van der Waals surface area (Å²) >= 11 is 0. The summed E-state index contributed by atoms with van der Waals surface area (Å²) in [4.78, 5) is 11.1. The molecule has 0 bridgehead atoms. The second-order valence-corrected chi connectivity index (χ2v) is 2.78. The van der Waals surface area contributed by atoms with Gasteiger partial charge in [-0.05, 0) is 6.42 Å². The molecule has 1 aliphatic heterocycles. The number of rotatable bonds is 3. The van der Waals surface area contributed by atoms with Crippen LogP contribution in [0.15, 0.2) is 0 Å². The molecule has 0 aliphatic carbocycles. The van der Waals surface area contributed by atoms with E-state index >= 15 is 0 Å². The molecule has 0 spiro atoms. The predicted molar refractivity (Wildman–Crippen MR) is 41.2 cm³/mol. The number of carbonyl (C=O) groups excluding carboxylic acids is 1. The molecule has 0 N–H and O–H groups in total. The van der Waals surface area contributed by atoms with Crippen molar-refractivity contribution in [2.75, 3.05) is 13.2 Å². The normalized spacial score (nSPS) is 20.8. The molecule has 1 rings (SSSR count). The van der Waals surface area contributed by atoms with Gasteiger partial charge in [-0.1, -0.05) is 13.8 Å². The average molecular weight is 174 g/mol. The highest BCUT2D eigenvalue weighted by Gasteiger charge is 2.22. The molecule has 0 aromatic carbocycles. The Morgan fingerprint density at radius 2 is 2.17 bits per heavy atom. The van der Waals surface area contributed by atoms with Crippen molar-refractivity contribution in [2.45, 2.75) is 26.7 Å². The zero-order valence-electron chi connectivity index (χ0n) is 7.41. The number of ether oxygens (including phenoxy) is 3. The molecule has 1 unspecified atom stereocenters. The molecular weight excluding hydrogens is 160 g/mol. The largest absolute Gasteiger partial charge is 0.410 e. The van der Waals surface area contributed by atoms with Gasteiger partial charge < -0.3 is 14.2 Å². The van der Waals surface area contributed by atoms with Crippen LogP contribution in [0.4, 0.5) is 0 Å². The summed E-state index contributed by atoms with van der Waals surface area (Å²) < 4.78 is 14.8. The van der Waals surface area contributed by atoms with Crippen molar-refractivity contribution < 1.29 is 19.0 Å². The van der Waals surface area contributed by atoms with E-state index in [9.17, 15) is 4.79 Å². The summed E-state index contributed by atoms with van der Waals surface area (Å²) in [5.74, 6) is -0.345. The molecule has 0 aromatic heterocycles. The van der Waals surface area contributed by atoms with Crippen LogP contribution in [-0.4, -0.2) is 25.7 Å². The molecule has 1 fully saturated rings. The molecular formula is C8H14O4. The quantitative estimate of drug-likeness (QED) is 0.596. The lowest BCUT2D eigenvalue weighted by Crippen LogP contribution is -2.22. The van der Waals surface area contributed by atoms with Gasteiger partial charge in [-0.15, -0.1) is 0 Å². The number of carbonyl (C=O) groups is 1. The van der Waals surface area contributed by atoms with Gasteiger partial charge >= 0.3 is 12.4 Å². The third kappa shape index (κ3) is 2.46. The Hall–Kier alpha value is -0.610. The minimum absolute atomic E-state index is 0.0854. The van der Waals surface area contributed by atoms with Crippen molar-refractivity contribution in [3.8, 4) is 0 Å². The third-order valence-electron chi connectivity index (χ3n) is 1.82. The second-order valence-electron chi connectivity index (χ2n) is 2.78. The van der Waals surface area contributed by atoms with E-state index in [0.29, 0.717) is 13.2 Å². The van der Waals surface area contributed by atoms with Gasteiger partial charge in [0.2, 0.25) is 0 Å². The molecule has 0 saturated carbocycles. The van der Waals surface area contributed by atoms with E-state index in [1.165, 1.54) is 0 Å². The summed E-state index contributed by atoms with van der Waals surface area (Å²) in [6.45, 7) is 3.97. The summed E-state index contributed by atoms with van der Waals surface area (Å²) in [6, 6.07) is 0. The lowest BCUT2D eigenvalue weighted by molar-refractivity contribution is -0.230. The lowest BCUT2D eigenvalue weighted by atomic mass is 10.1. The highest BCUT2D eigenvalue weighted by Crippen LogP contribution is 2.10. The first-order valence-electron chi connectivity index (χ1n) is 4.17. The fraction of sp³-hybridized carbons (Fsp3) is 0.875. The van der Waals surface area contributed by atoms with Gasteiger partial charge in [0.1, 0.15) is 0 Å². The van der Waals surface area contributed by atoms with E-state index in [0.717, 1.165) is 6.42 Å². The molecule has 1 saturated heterocycles. The zero-order chi connectivity index (χ0) is 8.97. The number of hydrogen-bond donors (Lipinski definition) is 0. The van der Waals surface area contributed by atoms with E-state index in [-0.39, 0.29) is 11.9 Å². The summed E-state index contributed by atoms with van der Waals surface area (Å²) in [5, 5.41) is 0. The highest BCUT2D eigenvalue weighted by molar-refractivity contribution is 5.71. The van der Waals surface area contributed by atoms with E-state index in [2.05, 4.69) is 0 Å². The van der Waals surface area contributed by atoms with Crippen LogP contribution < -0.4 is 0 Å². The number of esters is 1. The maximum atomic E-state index is 11.1. The highest BCUT2D eigenvalue weighted by atomic mass is 16.9.